The molecule has 1 saturated heterocycles. The lowest BCUT2D eigenvalue weighted by atomic mass is 10.1. The van der Waals surface area contributed by atoms with Gasteiger partial charge in [-0.05, 0) is 37.1 Å². The summed E-state index contributed by atoms with van der Waals surface area (Å²) in [6, 6.07) is 10.2. The highest BCUT2D eigenvalue weighted by Gasteiger charge is 2.24. The molecule has 3 rings (SSSR count). The molecule has 0 atom stereocenters. The molecule has 1 aromatic carbocycles. The molecule has 7 heteroatoms. The van der Waals surface area contributed by atoms with Gasteiger partial charge in [-0.3, -0.25) is 0 Å². The van der Waals surface area contributed by atoms with E-state index in [-0.39, 0.29) is 17.5 Å². The summed E-state index contributed by atoms with van der Waals surface area (Å²) in [5.74, 6) is -0.0388. The van der Waals surface area contributed by atoms with Crippen LogP contribution in [0.2, 0.25) is 0 Å². The fourth-order valence-corrected chi connectivity index (χ4v) is 2.92. The maximum absolute atomic E-state index is 12.4. The predicted octanol–water partition coefficient (Wildman–Crippen LogP) is 3.96. The first-order valence-corrected chi connectivity index (χ1v) is 7.85. The second-order valence-electron chi connectivity index (χ2n) is 5.65. The second kappa shape index (κ2) is 7.33. The van der Waals surface area contributed by atoms with E-state index in [4.69, 9.17) is 0 Å². The Morgan fingerprint density at radius 1 is 1.12 bits per heavy atom. The molecule has 2 amide bonds. The van der Waals surface area contributed by atoms with Gasteiger partial charge in [0.05, 0.1) is 5.69 Å². The summed E-state index contributed by atoms with van der Waals surface area (Å²) in [6.07, 6.45) is 5.77. The van der Waals surface area contributed by atoms with Gasteiger partial charge in [-0.1, -0.05) is 12.1 Å². The van der Waals surface area contributed by atoms with Crippen LogP contribution in [0.5, 0.6) is 5.75 Å². The largest absolute Gasteiger partial charge is 0.433 e. The van der Waals surface area contributed by atoms with Crippen LogP contribution < -0.4 is 10.1 Å². The van der Waals surface area contributed by atoms with Crippen LogP contribution in [0.4, 0.5) is 19.3 Å². The number of nitrogens with zero attached hydrogens (tertiary/aromatic N) is 2. The van der Waals surface area contributed by atoms with Gasteiger partial charge in [0.25, 0.3) is 0 Å². The molecular formula is C17H19F2N3O2. The maximum Gasteiger partial charge on any atom is 0.387 e. The van der Waals surface area contributed by atoms with Gasteiger partial charge in [0.1, 0.15) is 5.75 Å². The molecule has 1 fully saturated rings. The topological polar surface area (TPSA) is 46.5 Å². The summed E-state index contributed by atoms with van der Waals surface area (Å²) in [7, 11) is 0. The minimum atomic E-state index is -2.93. The molecule has 0 radical (unpaired) electrons. The van der Waals surface area contributed by atoms with Crippen molar-refractivity contribution in [2.45, 2.75) is 25.5 Å². The van der Waals surface area contributed by atoms with E-state index in [2.05, 4.69) is 14.6 Å². The number of alkyl halides is 2. The van der Waals surface area contributed by atoms with Crippen LogP contribution in [-0.2, 0) is 0 Å². The number of benzene rings is 1. The van der Waals surface area contributed by atoms with Crippen molar-refractivity contribution in [1.29, 1.82) is 0 Å². The van der Waals surface area contributed by atoms with Crippen molar-refractivity contribution < 1.29 is 18.3 Å². The lowest BCUT2D eigenvalue weighted by Crippen LogP contribution is -2.41. The van der Waals surface area contributed by atoms with Gasteiger partial charge in [0.2, 0.25) is 0 Å². The summed E-state index contributed by atoms with van der Waals surface area (Å²) in [4.78, 5) is 14.1. The number of anilines is 1. The Hall–Kier alpha value is -2.57. The summed E-state index contributed by atoms with van der Waals surface area (Å²) >= 11 is 0. The van der Waals surface area contributed by atoms with Crippen molar-refractivity contribution in [2.24, 2.45) is 0 Å². The third-order valence-corrected chi connectivity index (χ3v) is 4.15. The standard InChI is InChI=1S/C17H19F2N3O2/c18-16(19)24-15-6-2-1-5-14(15)20-17(23)22-11-7-13(8-12-22)21-9-3-4-10-21/h1-6,9-10,13,16H,7-8,11-12H2,(H,20,23). The number of halogens is 2. The number of amides is 2. The van der Waals surface area contributed by atoms with Crippen LogP contribution in [0.3, 0.4) is 0 Å². The number of aromatic nitrogens is 1. The number of nitrogens with one attached hydrogen (secondary N) is 1. The summed E-state index contributed by atoms with van der Waals surface area (Å²) in [6.45, 7) is -1.69. The number of rotatable bonds is 4. The quantitative estimate of drug-likeness (QED) is 0.919. The van der Waals surface area contributed by atoms with Gasteiger partial charge in [-0.15, -0.1) is 0 Å². The first-order valence-electron chi connectivity index (χ1n) is 7.85. The average molecular weight is 335 g/mol. The van der Waals surface area contributed by atoms with Crippen LogP contribution in [0.25, 0.3) is 0 Å². The Balaban J connectivity index is 1.58. The highest BCUT2D eigenvalue weighted by molar-refractivity contribution is 5.91. The third kappa shape index (κ3) is 3.84. The lowest BCUT2D eigenvalue weighted by Gasteiger charge is -2.32. The number of urea groups is 1. The first kappa shape index (κ1) is 16.3. The third-order valence-electron chi connectivity index (χ3n) is 4.15. The number of likely N-dealkylation sites (tertiary alicyclic amines) is 1. The SMILES string of the molecule is O=C(Nc1ccccc1OC(F)F)N1CCC(n2cccc2)CC1. The molecule has 2 aromatic rings. The minimum Gasteiger partial charge on any atom is -0.433 e. The van der Waals surface area contributed by atoms with E-state index in [0.717, 1.165) is 12.8 Å². The monoisotopic (exact) mass is 335 g/mol. The minimum absolute atomic E-state index is 0.0388. The summed E-state index contributed by atoms with van der Waals surface area (Å²) in [5, 5.41) is 2.66. The van der Waals surface area contributed by atoms with Gasteiger partial charge >= 0.3 is 12.6 Å². The zero-order valence-corrected chi connectivity index (χ0v) is 13.1. The van der Waals surface area contributed by atoms with E-state index in [1.54, 1.807) is 23.1 Å². The molecule has 5 nitrogen and oxygen atoms in total. The van der Waals surface area contributed by atoms with E-state index >= 15 is 0 Å². The molecule has 24 heavy (non-hydrogen) atoms. The van der Waals surface area contributed by atoms with Gasteiger partial charge in [-0.2, -0.15) is 8.78 Å². The van der Waals surface area contributed by atoms with E-state index in [1.165, 1.54) is 6.07 Å². The molecule has 0 spiro atoms. The molecule has 1 aliphatic rings. The molecule has 1 aromatic heterocycles. The number of hydrogen-bond acceptors (Lipinski definition) is 2. The second-order valence-corrected chi connectivity index (χ2v) is 5.65. The molecule has 0 unspecified atom stereocenters. The van der Waals surface area contributed by atoms with Crippen LogP contribution >= 0.6 is 0 Å². The molecule has 0 bridgehead atoms. The van der Waals surface area contributed by atoms with Gasteiger partial charge < -0.3 is 19.5 Å². The summed E-state index contributed by atoms with van der Waals surface area (Å²) in [5.41, 5.74) is 0.246. The number of para-hydroxylation sites is 2. The Morgan fingerprint density at radius 3 is 2.46 bits per heavy atom. The fraction of sp³-hybridized carbons (Fsp3) is 0.353. The van der Waals surface area contributed by atoms with Crippen LogP contribution in [-0.4, -0.2) is 35.2 Å². The smallest absolute Gasteiger partial charge is 0.387 e. The van der Waals surface area contributed by atoms with Crippen molar-refractivity contribution in [3.8, 4) is 5.75 Å². The fourth-order valence-electron chi connectivity index (χ4n) is 2.92. The number of ether oxygens (including phenoxy) is 1. The number of hydrogen-bond donors (Lipinski definition) is 1. The maximum atomic E-state index is 12.4. The predicted molar refractivity (Wildman–Crippen MR) is 86.4 cm³/mol. The van der Waals surface area contributed by atoms with Gasteiger partial charge in [-0.25, -0.2) is 4.79 Å². The highest BCUT2D eigenvalue weighted by Crippen LogP contribution is 2.27. The van der Waals surface area contributed by atoms with Gasteiger partial charge in [0.15, 0.2) is 0 Å². The molecule has 128 valence electrons. The molecule has 0 aliphatic carbocycles. The molecule has 1 aliphatic heterocycles. The van der Waals surface area contributed by atoms with Crippen molar-refractivity contribution in [2.75, 3.05) is 18.4 Å². The number of carbonyl (C=O) groups is 1. The number of piperidine rings is 1. The Morgan fingerprint density at radius 2 is 1.79 bits per heavy atom. The van der Waals surface area contributed by atoms with Crippen molar-refractivity contribution >= 4 is 11.7 Å². The zero-order valence-electron chi connectivity index (χ0n) is 13.1. The highest BCUT2D eigenvalue weighted by atomic mass is 19.3. The molecular weight excluding hydrogens is 316 g/mol. The van der Waals surface area contributed by atoms with Crippen molar-refractivity contribution in [1.82, 2.24) is 9.47 Å². The lowest BCUT2D eigenvalue weighted by molar-refractivity contribution is -0.0493. The Labute approximate surface area is 138 Å². The van der Waals surface area contributed by atoms with Crippen LogP contribution in [0.1, 0.15) is 18.9 Å². The zero-order chi connectivity index (χ0) is 16.9. The summed E-state index contributed by atoms with van der Waals surface area (Å²) < 4.78 is 31.4. The Bertz CT molecular complexity index is 668. The van der Waals surface area contributed by atoms with E-state index < -0.39 is 6.61 Å². The Kier molecular flexibility index (Phi) is 4.98. The van der Waals surface area contributed by atoms with E-state index in [0.29, 0.717) is 19.1 Å². The van der Waals surface area contributed by atoms with Crippen molar-refractivity contribution in [3.05, 3.63) is 48.8 Å². The average Bonchev–Trinajstić information content (AvgIpc) is 3.11. The van der Waals surface area contributed by atoms with Gasteiger partial charge in [0, 0.05) is 31.5 Å². The number of carbonyl (C=O) groups excluding carboxylic acids is 1. The molecule has 2 heterocycles. The normalized spacial score (nSPS) is 15.5. The molecule has 0 saturated carbocycles. The van der Waals surface area contributed by atoms with Crippen molar-refractivity contribution in [3.63, 3.8) is 0 Å². The first-order chi connectivity index (χ1) is 11.6. The van der Waals surface area contributed by atoms with Crippen LogP contribution in [0.15, 0.2) is 48.8 Å². The van der Waals surface area contributed by atoms with E-state index in [9.17, 15) is 13.6 Å². The van der Waals surface area contributed by atoms with E-state index in [1.807, 2.05) is 24.5 Å². The molecule has 1 N–H and O–H groups in total. The van der Waals surface area contributed by atoms with Crippen LogP contribution in [0, 0.1) is 0 Å².